The van der Waals surface area contributed by atoms with E-state index < -0.39 is 16.0 Å². The quantitative estimate of drug-likeness (QED) is 0.716. The van der Waals surface area contributed by atoms with E-state index in [9.17, 15) is 13.2 Å². The summed E-state index contributed by atoms with van der Waals surface area (Å²) in [5, 5.41) is 17.1. The summed E-state index contributed by atoms with van der Waals surface area (Å²) in [5.41, 5.74) is -0.202. The van der Waals surface area contributed by atoms with Crippen molar-refractivity contribution in [1.82, 2.24) is 4.89 Å². The van der Waals surface area contributed by atoms with Gasteiger partial charge in [-0.15, -0.1) is 0 Å². The van der Waals surface area contributed by atoms with Crippen molar-refractivity contribution in [2.24, 2.45) is 0 Å². The average molecular weight is 296 g/mol. The molecule has 0 radical (unpaired) electrons. The zero-order valence-corrected chi connectivity index (χ0v) is 9.54. The van der Waals surface area contributed by atoms with Crippen LogP contribution in [0, 0.1) is 0 Å². The minimum absolute atomic E-state index is 0.202. The van der Waals surface area contributed by atoms with Crippen molar-refractivity contribution in [3.05, 3.63) is 28.2 Å². The lowest BCUT2D eigenvalue weighted by Gasteiger charge is -2.04. The number of halogens is 1. The lowest BCUT2D eigenvalue weighted by molar-refractivity contribution is 0.0695. The molecular weight excluding hydrogens is 290 g/mol. The largest absolute Gasteiger partial charge is 0.478 e. The maximum absolute atomic E-state index is 11.1. The molecule has 82 valence electrons. The Hall–Kier alpha value is -0.960. The second kappa shape index (κ2) is 4.27. The maximum Gasteiger partial charge on any atom is 0.336 e. The first-order valence-corrected chi connectivity index (χ1v) is 5.85. The lowest BCUT2D eigenvalue weighted by atomic mass is 10.2. The summed E-state index contributed by atoms with van der Waals surface area (Å²) in [7, 11) is -4.05. The van der Waals surface area contributed by atoms with E-state index in [1.807, 2.05) is 0 Å². The summed E-state index contributed by atoms with van der Waals surface area (Å²) in [6.07, 6.45) is 0. The number of benzene rings is 1. The number of carboxylic acids is 1. The Morgan fingerprint density at radius 2 is 2.00 bits per heavy atom. The molecule has 0 aromatic heterocycles. The molecule has 1 aromatic rings. The second-order valence-corrected chi connectivity index (χ2v) is 5.06. The van der Waals surface area contributed by atoms with Crippen LogP contribution in [-0.2, 0) is 10.0 Å². The number of nitrogens with one attached hydrogen (secondary N) is 1. The van der Waals surface area contributed by atoms with Gasteiger partial charge in [0, 0.05) is 4.47 Å². The van der Waals surface area contributed by atoms with Crippen LogP contribution in [0.3, 0.4) is 0 Å². The van der Waals surface area contributed by atoms with E-state index in [1.54, 1.807) is 0 Å². The molecule has 1 rings (SSSR count). The highest BCUT2D eigenvalue weighted by molar-refractivity contribution is 9.10. The third-order valence-electron chi connectivity index (χ3n) is 1.60. The number of hydrogen-bond acceptors (Lipinski definition) is 4. The molecule has 0 aliphatic rings. The van der Waals surface area contributed by atoms with Gasteiger partial charge in [-0.3, -0.25) is 0 Å². The zero-order valence-electron chi connectivity index (χ0n) is 7.14. The Balaban J connectivity index is 3.38. The van der Waals surface area contributed by atoms with Crippen molar-refractivity contribution in [2.75, 3.05) is 0 Å². The monoisotopic (exact) mass is 295 g/mol. The third kappa shape index (κ3) is 2.53. The van der Waals surface area contributed by atoms with Crippen molar-refractivity contribution >= 4 is 31.9 Å². The van der Waals surface area contributed by atoms with E-state index in [4.69, 9.17) is 10.3 Å². The molecule has 0 atom stereocenters. The molecule has 0 bridgehead atoms. The van der Waals surface area contributed by atoms with Crippen LogP contribution in [-0.4, -0.2) is 24.7 Å². The van der Waals surface area contributed by atoms with Crippen LogP contribution in [0.5, 0.6) is 0 Å². The fourth-order valence-corrected chi connectivity index (χ4v) is 1.93. The molecule has 0 spiro atoms. The molecule has 0 amide bonds. The molecule has 0 unspecified atom stereocenters. The summed E-state index contributed by atoms with van der Waals surface area (Å²) in [5.74, 6) is -1.27. The Morgan fingerprint density at radius 3 is 2.47 bits per heavy atom. The number of carbonyl (C=O) groups is 1. The Kier molecular flexibility index (Phi) is 3.45. The van der Waals surface area contributed by atoms with Gasteiger partial charge in [-0.1, -0.05) is 4.89 Å². The molecular formula is C7H6BrNO5S. The molecule has 0 aliphatic carbocycles. The average Bonchev–Trinajstić information content (AvgIpc) is 2.17. The molecule has 0 heterocycles. The molecule has 0 saturated carbocycles. The molecule has 15 heavy (non-hydrogen) atoms. The van der Waals surface area contributed by atoms with Crippen LogP contribution in [0.15, 0.2) is 27.6 Å². The normalized spacial score (nSPS) is 11.3. The van der Waals surface area contributed by atoms with Gasteiger partial charge in [-0.05, 0) is 34.1 Å². The van der Waals surface area contributed by atoms with Crippen LogP contribution >= 0.6 is 15.9 Å². The van der Waals surface area contributed by atoms with Crippen molar-refractivity contribution < 1.29 is 23.5 Å². The minimum atomic E-state index is -4.05. The van der Waals surface area contributed by atoms with Crippen LogP contribution in [0.2, 0.25) is 0 Å². The van der Waals surface area contributed by atoms with Gasteiger partial charge in [0.15, 0.2) is 0 Å². The predicted octanol–water partition coefficient (Wildman–Crippen LogP) is 0.815. The molecule has 8 heteroatoms. The lowest BCUT2D eigenvalue weighted by Crippen LogP contribution is -2.19. The van der Waals surface area contributed by atoms with Crippen LogP contribution in [0.4, 0.5) is 0 Å². The molecule has 6 nitrogen and oxygen atoms in total. The predicted molar refractivity (Wildman–Crippen MR) is 53.2 cm³/mol. The smallest absolute Gasteiger partial charge is 0.336 e. The first kappa shape index (κ1) is 12.1. The van der Waals surface area contributed by atoms with E-state index in [-0.39, 0.29) is 14.9 Å². The van der Waals surface area contributed by atoms with Gasteiger partial charge in [0.2, 0.25) is 0 Å². The van der Waals surface area contributed by atoms with Crippen LogP contribution in [0.1, 0.15) is 10.4 Å². The van der Waals surface area contributed by atoms with Gasteiger partial charge in [-0.25, -0.2) is 13.2 Å². The summed E-state index contributed by atoms with van der Waals surface area (Å²) in [6, 6.07) is 3.37. The highest BCUT2D eigenvalue weighted by Crippen LogP contribution is 2.20. The van der Waals surface area contributed by atoms with Gasteiger partial charge >= 0.3 is 5.97 Å². The summed E-state index contributed by atoms with van der Waals surface area (Å²) in [4.78, 5) is 11.5. The second-order valence-electron chi connectivity index (χ2n) is 2.54. The molecule has 1 aromatic carbocycles. The molecule has 0 fully saturated rings. The zero-order chi connectivity index (χ0) is 11.6. The standard InChI is InChI=1S/C7H6BrNO5S/c8-6-2-1-4(15(13,14)9-12)3-5(6)7(10)11/h1-3,9,12H,(H,10,11). The Labute approximate surface area is 93.7 Å². The van der Waals surface area contributed by atoms with Gasteiger partial charge in [0.1, 0.15) is 0 Å². The van der Waals surface area contributed by atoms with Gasteiger partial charge in [-0.2, -0.15) is 0 Å². The van der Waals surface area contributed by atoms with E-state index >= 15 is 0 Å². The number of carboxylic acid groups (broad SMARTS) is 1. The number of hydrogen-bond donors (Lipinski definition) is 3. The van der Waals surface area contributed by atoms with Crippen LogP contribution < -0.4 is 4.89 Å². The summed E-state index contributed by atoms with van der Waals surface area (Å²) >= 11 is 2.96. The third-order valence-corrected chi connectivity index (χ3v) is 3.41. The van der Waals surface area contributed by atoms with Crippen LogP contribution in [0.25, 0.3) is 0 Å². The van der Waals surface area contributed by atoms with E-state index in [2.05, 4.69) is 15.9 Å². The molecule has 0 aliphatic heterocycles. The number of sulfonamides is 1. The van der Waals surface area contributed by atoms with Gasteiger partial charge < -0.3 is 10.3 Å². The van der Waals surface area contributed by atoms with Crippen molar-refractivity contribution in [3.8, 4) is 0 Å². The minimum Gasteiger partial charge on any atom is -0.478 e. The van der Waals surface area contributed by atoms with E-state index in [0.29, 0.717) is 0 Å². The first-order chi connectivity index (χ1) is 6.88. The van der Waals surface area contributed by atoms with E-state index in [0.717, 1.165) is 17.0 Å². The Bertz CT molecular complexity index is 498. The van der Waals surface area contributed by atoms with Crippen molar-refractivity contribution in [2.45, 2.75) is 4.90 Å². The SMILES string of the molecule is O=C(O)c1cc(S(=O)(=O)NO)ccc1Br. The van der Waals surface area contributed by atoms with Gasteiger partial charge in [0.05, 0.1) is 10.5 Å². The van der Waals surface area contributed by atoms with Gasteiger partial charge in [0.25, 0.3) is 10.0 Å². The highest BCUT2D eigenvalue weighted by atomic mass is 79.9. The molecule has 3 N–H and O–H groups in total. The van der Waals surface area contributed by atoms with Crippen molar-refractivity contribution in [3.63, 3.8) is 0 Å². The molecule has 0 saturated heterocycles. The maximum atomic E-state index is 11.1. The fraction of sp³-hybridized carbons (Fsp3) is 0. The van der Waals surface area contributed by atoms with Crippen molar-refractivity contribution in [1.29, 1.82) is 0 Å². The summed E-state index contributed by atoms with van der Waals surface area (Å²) in [6.45, 7) is 0. The van der Waals surface area contributed by atoms with E-state index in [1.165, 1.54) is 6.07 Å². The summed E-state index contributed by atoms with van der Waals surface area (Å²) < 4.78 is 22.5. The topological polar surface area (TPSA) is 104 Å². The number of aromatic carboxylic acids is 1. The first-order valence-electron chi connectivity index (χ1n) is 3.57. The highest BCUT2D eigenvalue weighted by Gasteiger charge is 2.17. The fourth-order valence-electron chi connectivity index (χ4n) is 0.888. The Morgan fingerprint density at radius 1 is 1.40 bits per heavy atom. The number of rotatable bonds is 3.